The van der Waals surface area contributed by atoms with Crippen LogP contribution in [0, 0.1) is 10.1 Å². The van der Waals surface area contributed by atoms with Crippen LogP contribution < -0.4 is 10.2 Å². The highest BCUT2D eigenvalue weighted by Gasteiger charge is 2.37. The maximum atomic E-state index is 12.6. The van der Waals surface area contributed by atoms with Crippen molar-refractivity contribution in [2.45, 2.75) is 5.25 Å². The van der Waals surface area contributed by atoms with E-state index in [0.717, 1.165) is 5.69 Å². The normalized spacial score (nSPS) is 17.0. The summed E-state index contributed by atoms with van der Waals surface area (Å²) in [6, 6.07) is 12.3. The number of carbonyl (C=O) groups excluding carboxylic acids is 1. The lowest BCUT2D eigenvalue weighted by molar-refractivity contribution is -0.384. The third kappa shape index (κ3) is 3.72. The molecule has 0 bridgehead atoms. The van der Waals surface area contributed by atoms with Gasteiger partial charge in [-0.1, -0.05) is 24.0 Å². The number of non-ortho nitro benzene ring substituents is 1. The molecular formula is C16H13N3O4S2. The van der Waals surface area contributed by atoms with Crippen LogP contribution in [0.4, 0.5) is 17.1 Å². The number of hydrogen-bond donors (Lipinski definition) is 2. The second-order valence-electron chi connectivity index (χ2n) is 5.25. The Labute approximate surface area is 152 Å². The minimum absolute atomic E-state index is 0.0421. The lowest BCUT2D eigenvalue weighted by Gasteiger charge is -2.15. The number of amides is 1. The number of nitro groups is 1. The fourth-order valence-electron chi connectivity index (χ4n) is 2.33. The summed E-state index contributed by atoms with van der Waals surface area (Å²) < 4.78 is 0.413. The first-order valence-corrected chi connectivity index (χ1v) is 8.56. The third-order valence-electron chi connectivity index (χ3n) is 3.60. The topological polar surface area (TPSA) is 95.7 Å². The van der Waals surface area contributed by atoms with E-state index >= 15 is 0 Å². The molecule has 3 rings (SSSR count). The van der Waals surface area contributed by atoms with Crippen LogP contribution in [-0.4, -0.2) is 32.1 Å². The van der Waals surface area contributed by atoms with Gasteiger partial charge < -0.3 is 10.4 Å². The van der Waals surface area contributed by atoms with Crippen molar-refractivity contribution >= 4 is 51.3 Å². The van der Waals surface area contributed by atoms with Gasteiger partial charge in [0.05, 0.1) is 10.6 Å². The predicted molar refractivity (Wildman–Crippen MR) is 101 cm³/mol. The molecule has 128 valence electrons. The number of rotatable bonds is 5. The summed E-state index contributed by atoms with van der Waals surface area (Å²) in [6.07, 6.45) is 0. The number of thiocarbonyl (C=S) groups is 1. The molecule has 1 fully saturated rings. The lowest BCUT2D eigenvalue weighted by atomic mass is 10.2. The molecule has 1 aliphatic rings. The van der Waals surface area contributed by atoms with Gasteiger partial charge in [-0.2, -0.15) is 0 Å². The molecule has 1 amide bonds. The largest absolute Gasteiger partial charge is 0.508 e. The SMILES string of the molecule is O=C1C(CNc2ccc(O)cc2)SC(=S)N1c1ccc([N+](=O)[O-])cc1. The maximum Gasteiger partial charge on any atom is 0.269 e. The molecule has 0 radical (unpaired) electrons. The molecule has 2 aromatic rings. The van der Waals surface area contributed by atoms with Gasteiger partial charge in [-0.25, -0.2) is 0 Å². The van der Waals surface area contributed by atoms with Crippen LogP contribution in [0.5, 0.6) is 5.75 Å². The van der Waals surface area contributed by atoms with Crippen LogP contribution in [0.1, 0.15) is 0 Å². The molecule has 1 atom stereocenters. The zero-order chi connectivity index (χ0) is 18.0. The summed E-state index contributed by atoms with van der Waals surface area (Å²) in [5.74, 6) is -0.00229. The summed E-state index contributed by atoms with van der Waals surface area (Å²) in [5, 5.41) is 22.7. The minimum Gasteiger partial charge on any atom is -0.508 e. The van der Waals surface area contributed by atoms with E-state index in [-0.39, 0.29) is 17.3 Å². The molecule has 0 aliphatic carbocycles. The molecule has 7 nitrogen and oxygen atoms in total. The standard InChI is InChI=1S/C16H13N3O4S2/c20-13-7-1-10(2-8-13)17-9-14-15(21)18(16(24)25-14)11-3-5-12(6-4-11)19(22)23/h1-8,14,17,20H,9H2. The summed E-state index contributed by atoms with van der Waals surface area (Å²) in [7, 11) is 0. The summed E-state index contributed by atoms with van der Waals surface area (Å²) in [5.41, 5.74) is 1.26. The Kier molecular flexibility index (Phi) is 4.86. The third-order valence-corrected chi connectivity index (χ3v) is 5.11. The number of phenolic OH excluding ortho intramolecular Hbond substituents is 1. The second-order valence-corrected chi connectivity index (χ2v) is 7.08. The van der Waals surface area contributed by atoms with E-state index in [0.29, 0.717) is 16.6 Å². The Morgan fingerprint density at radius 1 is 1.20 bits per heavy atom. The number of hydrogen-bond acceptors (Lipinski definition) is 7. The highest BCUT2D eigenvalue weighted by molar-refractivity contribution is 8.25. The molecule has 0 aromatic heterocycles. The number of aromatic hydroxyl groups is 1. The number of benzene rings is 2. The van der Waals surface area contributed by atoms with Gasteiger partial charge in [0, 0.05) is 24.4 Å². The maximum absolute atomic E-state index is 12.6. The predicted octanol–water partition coefficient (Wildman–Crippen LogP) is 3.15. The molecule has 2 N–H and O–H groups in total. The first kappa shape index (κ1) is 17.2. The monoisotopic (exact) mass is 375 g/mol. The minimum atomic E-state index is -0.493. The highest BCUT2D eigenvalue weighted by atomic mass is 32.2. The van der Waals surface area contributed by atoms with Crippen LogP contribution >= 0.6 is 24.0 Å². The van der Waals surface area contributed by atoms with E-state index < -0.39 is 10.2 Å². The van der Waals surface area contributed by atoms with Gasteiger partial charge in [0.2, 0.25) is 5.91 Å². The van der Waals surface area contributed by atoms with Crippen molar-refractivity contribution in [3.63, 3.8) is 0 Å². The van der Waals surface area contributed by atoms with Gasteiger partial charge in [-0.05, 0) is 36.4 Å². The highest BCUT2D eigenvalue weighted by Crippen LogP contribution is 2.33. The summed E-state index contributed by atoms with van der Waals surface area (Å²) >= 11 is 6.55. The van der Waals surface area contributed by atoms with Crippen LogP contribution in [0.25, 0.3) is 0 Å². The van der Waals surface area contributed by atoms with Crippen molar-refractivity contribution in [2.24, 2.45) is 0 Å². The summed E-state index contributed by atoms with van der Waals surface area (Å²) in [4.78, 5) is 24.2. The number of carbonyl (C=O) groups is 1. The lowest BCUT2D eigenvalue weighted by Crippen LogP contribution is -2.33. The fourth-order valence-corrected chi connectivity index (χ4v) is 3.79. The fraction of sp³-hybridized carbons (Fsp3) is 0.125. The first-order valence-electron chi connectivity index (χ1n) is 7.27. The van der Waals surface area contributed by atoms with E-state index in [1.54, 1.807) is 24.3 Å². The summed E-state index contributed by atoms with van der Waals surface area (Å²) in [6.45, 7) is 0.373. The molecule has 1 unspecified atom stereocenters. The molecule has 1 saturated heterocycles. The van der Waals surface area contributed by atoms with Crippen LogP contribution in [0.2, 0.25) is 0 Å². The molecule has 1 heterocycles. The molecular weight excluding hydrogens is 362 g/mol. The van der Waals surface area contributed by atoms with Gasteiger partial charge in [0.25, 0.3) is 5.69 Å². The average Bonchev–Trinajstić information content (AvgIpc) is 2.88. The Morgan fingerprint density at radius 3 is 2.44 bits per heavy atom. The smallest absolute Gasteiger partial charge is 0.269 e. The van der Waals surface area contributed by atoms with E-state index in [9.17, 15) is 20.0 Å². The van der Waals surface area contributed by atoms with E-state index in [4.69, 9.17) is 12.2 Å². The average molecular weight is 375 g/mol. The van der Waals surface area contributed by atoms with Crippen molar-refractivity contribution < 1.29 is 14.8 Å². The van der Waals surface area contributed by atoms with Gasteiger partial charge in [-0.15, -0.1) is 0 Å². The van der Waals surface area contributed by atoms with Gasteiger partial charge >= 0.3 is 0 Å². The van der Waals surface area contributed by atoms with Crippen molar-refractivity contribution in [1.82, 2.24) is 0 Å². The number of anilines is 2. The van der Waals surface area contributed by atoms with Crippen molar-refractivity contribution in [2.75, 3.05) is 16.8 Å². The van der Waals surface area contributed by atoms with Gasteiger partial charge in [0.15, 0.2) is 0 Å². The Hall–Kier alpha value is -2.65. The molecule has 9 heteroatoms. The molecule has 0 spiro atoms. The second kappa shape index (κ2) is 7.08. The zero-order valence-electron chi connectivity index (χ0n) is 12.8. The van der Waals surface area contributed by atoms with Crippen molar-refractivity contribution in [1.29, 1.82) is 0 Å². The molecule has 2 aromatic carbocycles. The number of thioether (sulfide) groups is 1. The number of nitrogens with zero attached hydrogens (tertiary/aromatic N) is 2. The Bertz CT molecular complexity index is 824. The Morgan fingerprint density at radius 2 is 1.84 bits per heavy atom. The molecule has 1 aliphatic heterocycles. The van der Waals surface area contributed by atoms with Gasteiger partial charge in [0.1, 0.15) is 15.3 Å². The quantitative estimate of drug-likeness (QED) is 0.359. The van der Waals surface area contributed by atoms with E-state index in [2.05, 4.69) is 5.32 Å². The van der Waals surface area contributed by atoms with Crippen molar-refractivity contribution in [3.05, 3.63) is 58.6 Å². The zero-order valence-corrected chi connectivity index (χ0v) is 14.4. The van der Waals surface area contributed by atoms with E-state index in [1.165, 1.54) is 40.9 Å². The Balaban J connectivity index is 1.69. The molecule has 25 heavy (non-hydrogen) atoms. The van der Waals surface area contributed by atoms with Gasteiger partial charge in [-0.3, -0.25) is 19.8 Å². The van der Waals surface area contributed by atoms with E-state index in [1.807, 2.05) is 0 Å². The van der Waals surface area contributed by atoms with Crippen LogP contribution in [0.3, 0.4) is 0 Å². The number of nitro benzene ring substituents is 1. The number of nitrogens with one attached hydrogen (secondary N) is 1. The molecule has 0 saturated carbocycles. The number of phenols is 1. The first-order chi connectivity index (χ1) is 12.0. The van der Waals surface area contributed by atoms with Crippen LogP contribution in [0.15, 0.2) is 48.5 Å². The van der Waals surface area contributed by atoms with Crippen LogP contribution in [-0.2, 0) is 4.79 Å². The van der Waals surface area contributed by atoms with Crippen molar-refractivity contribution in [3.8, 4) is 5.75 Å².